The SMILES string of the molecule is COCCOCC(=O)N1CCCc2ccccc2C1. The monoisotopic (exact) mass is 263 g/mol. The van der Waals surface area contributed by atoms with Crippen LogP contribution >= 0.6 is 0 Å². The Morgan fingerprint density at radius 3 is 2.84 bits per heavy atom. The molecule has 0 unspecified atom stereocenters. The molecular formula is C15H21NO3. The minimum Gasteiger partial charge on any atom is -0.382 e. The molecular weight excluding hydrogens is 242 g/mol. The van der Waals surface area contributed by atoms with Crippen LogP contribution in [0.3, 0.4) is 0 Å². The molecule has 0 fully saturated rings. The molecule has 0 bridgehead atoms. The fourth-order valence-corrected chi connectivity index (χ4v) is 2.31. The Balaban J connectivity index is 1.89. The van der Waals surface area contributed by atoms with E-state index in [4.69, 9.17) is 9.47 Å². The van der Waals surface area contributed by atoms with Crippen molar-refractivity contribution in [1.29, 1.82) is 0 Å². The Morgan fingerprint density at radius 2 is 2.05 bits per heavy atom. The average molecular weight is 263 g/mol. The van der Waals surface area contributed by atoms with Gasteiger partial charge in [-0.05, 0) is 24.0 Å². The Morgan fingerprint density at radius 1 is 1.26 bits per heavy atom. The van der Waals surface area contributed by atoms with E-state index in [1.165, 1.54) is 11.1 Å². The van der Waals surface area contributed by atoms with Crippen LogP contribution in [0, 0.1) is 0 Å². The number of carbonyl (C=O) groups excluding carboxylic acids is 1. The van der Waals surface area contributed by atoms with Gasteiger partial charge in [-0.25, -0.2) is 0 Å². The first-order valence-corrected chi connectivity index (χ1v) is 6.72. The number of fused-ring (bicyclic) bond motifs is 1. The summed E-state index contributed by atoms with van der Waals surface area (Å²) in [5, 5.41) is 0. The quantitative estimate of drug-likeness (QED) is 0.758. The van der Waals surface area contributed by atoms with Crippen LogP contribution in [0.2, 0.25) is 0 Å². The van der Waals surface area contributed by atoms with Crippen molar-refractivity contribution in [2.24, 2.45) is 0 Å². The zero-order valence-corrected chi connectivity index (χ0v) is 11.4. The summed E-state index contributed by atoms with van der Waals surface area (Å²) < 4.78 is 10.2. The average Bonchev–Trinajstić information content (AvgIpc) is 2.65. The predicted octanol–water partition coefficient (Wildman–Crippen LogP) is 1.62. The van der Waals surface area contributed by atoms with Crippen LogP contribution in [0.15, 0.2) is 24.3 Å². The Bertz CT molecular complexity index is 420. The smallest absolute Gasteiger partial charge is 0.248 e. The van der Waals surface area contributed by atoms with Crippen molar-refractivity contribution >= 4 is 5.91 Å². The lowest BCUT2D eigenvalue weighted by Crippen LogP contribution is -2.34. The molecule has 19 heavy (non-hydrogen) atoms. The number of nitrogens with zero attached hydrogens (tertiary/aromatic N) is 1. The van der Waals surface area contributed by atoms with Gasteiger partial charge in [-0.3, -0.25) is 4.79 Å². The first kappa shape index (κ1) is 14.0. The highest BCUT2D eigenvalue weighted by molar-refractivity contribution is 5.77. The Kier molecular flexibility index (Phi) is 5.36. The lowest BCUT2D eigenvalue weighted by atomic mass is 10.0. The second kappa shape index (κ2) is 7.26. The van der Waals surface area contributed by atoms with Crippen molar-refractivity contribution in [3.8, 4) is 0 Å². The highest BCUT2D eigenvalue weighted by atomic mass is 16.5. The third kappa shape index (κ3) is 4.04. The van der Waals surface area contributed by atoms with Gasteiger partial charge in [0.15, 0.2) is 0 Å². The van der Waals surface area contributed by atoms with E-state index < -0.39 is 0 Å². The predicted molar refractivity (Wildman–Crippen MR) is 72.9 cm³/mol. The van der Waals surface area contributed by atoms with Crippen molar-refractivity contribution in [3.63, 3.8) is 0 Å². The lowest BCUT2D eigenvalue weighted by Gasteiger charge is -2.20. The molecule has 0 N–H and O–H groups in total. The van der Waals surface area contributed by atoms with Gasteiger partial charge in [0.05, 0.1) is 13.2 Å². The van der Waals surface area contributed by atoms with Gasteiger partial charge < -0.3 is 14.4 Å². The van der Waals surface area contributed by atoms with E-state index in [9.17, 15) is 4.79 Å². The number of rotatable bonds is 5. The van der Waals surface area contributed by atoms with Crippen LogP contribution in [-0.2, 0) is 27.2 Å². The summed E-state index contributed by atoms with van der Waals surface area (Å²) in [6.45, 7) is 2.64. The standard InChI is InChI=1S/C15H21NO3/c1-18-9-10-19-12-15(17)16-8-4-7-13-5-2-3-6-14(13)11-16/h2-3,5-6H,4,7-12H2,1H3. The molecule has 0 aromatic heterocycles. The van der Waals surface area contributed by atoms with Crippen LogP contribution in [-0.4, -0.2) is 44.3 Å². The van der Waals surface area contributed by atoms with Gasteiger partial charge >= 0.3 is 0 Å². The molecule has 1 aromatic carbocycles. The van der Waals surface area contributed by atoms with Crippen LogP contribution in [0.4, 0.5) is 0 Å². The summed E-state index contributed by atoms with van der Waals surface area (Å²) in [4.78, 5) is 14.0. The summed E-state index contributed by atoms with van der Waals surface area (Å²) >= 11 is 0. The second-order valence-electron chi connectivity index (χ2n) is 4.73. The molecule has 1 aliphatic heterocycles. The number of aryl methyl sites for hydroxylation is 1. The fourth-order valence-electron chi connectivity index (χ4n) is 2.31. The molecule has 0 aliphatic carbocycles. The first-order valence-electron chi connectivity index (χ1n) is 6.72. The molecule has 4 nitrogen and oxygen atoms in total. The van der Waals surface area contributed by atoms with E-state index in [1.54, 1.807) is 7.11 Å². The number of methoxy groups -OCH3 is 1. The van der Waals surface area contributed by atoms with E-state index >= 15 is 0 Å². The van der Waals surface area contributed by atoms with Gasteiger partial charge in [-0.1, -0.05) is 24.3 Å². The minimum absolute atomic E-state index is 0.0628. The van der Waals surface area contributed by atoms with Gasteiger partial charge in [0.25, 0.3) is 0 Å². The Hall–Kier alpha value is -1.39. The van der Waals surface area contributed by atoms with Crippen LogP contribution in [0.5, 0.6) is 0 Å². The molecule has 2 rings (SSSR count). The normalized spacial score (nSPS) is 14.9. The van der Waals surface area contributed by atoms with Gasteiger partial charge in [0.2, 0.25) is 5.91 Å². The summed E-state index contributed by atoms with van der Waals surface area (Å²) in [6.07, 6.45) is 2.06. The second-order valence-corrected chi connectivity index (χ2v) is 4.73. The van der Waals surface area contributed by atoms with Crippen LogP contribution in [0.1, 0.15) is 17.5 Å². The highest BCUT2D eigenvalue weighted by Gasteiger charge is 2.18. The minimum atomic E-state index is 0.0628. The van der Waals surface area contributed by atoms with E-state index in [0.29, 0.717) is 19.8 Å². The number of ether oxygens (including phenoxy) is 2. The Labute approximate surface area is 114 Å². The third-order valence-corrected chi connectivity index (χ3v) is 3.36. The molecule has 0 atom stereocenters. The number of hydrogen-bond donors (Lipinski definition) is 0. The number of carbonyl (C=O) groups is 1. The van der Waals surface area contributed by atoms with Gasteiger partial charge in [-0.2, -0.15) is 0 Å². The summed E-state index contributed by atoms with van der Waals surface area (Å²) in [5.41, 5.74) is 2.61. The molecule has 1 heterocycles. The van der Waals surface area contributed by atoms with E-state index in [0.717, 1.165) is 19.4 Å². The molecule has 1 aromatic rings. The topological polar surface area (TPSA) is 38.8 Å². The van der Waals surface area contributed by atoms with Crippen molar-refractivity contribution < 1.29 is 14.3 Å². The van der Waals surface area contributed by atoms with Crippen molar-refractivity contribution in [1.82, 2.24) is 4.90 Å². The first-order chi connectivity index (χ1) is 9.31. The molecule has 1 amide bonds. The number of hydrogen-bond acceptors (Lipinski definition) is 3. The largest absolute Gasteiger partial charge is 0.382 e. The maximum atomic E-state index is 12.1. The van der Waals surface area contributed by atoms with Gasteiger partial charge in [-0.15, -0.1) is 0 Å². The highest BCUT2D eigenvalue weighted by Crippen LogP contribution is 2.18. The molecule has 0 radical (unpaired) electrons. The van der Waals surface area contributed by atoms with E-state index in [2.05, 4.69) is 18.2 Å². The maximum Gasteiger partial charge on any atom is 0.248 e. The number of benzene rings is 1. The van der Waals surface area contributed by atoms with Crippen molar-refractivity contribution in [2.45, 2.75) is 19.4 Å². The van der Waals surface area contributed by atoms with Gasteiger partial charge in [0.1, 0.15) is 6.61 Å². The van der Waals surface area contributed by atoms with Crippen LogP contribution < -0.4 is 0 Å². The zero-order chi connectivity index (χ0) is 13.5. The number of amides is 1. The molecule has 0 saturated carbocycles. The summed E-state index contributed by atoms with van der Waals surface area (Å²) in [6, 6.07) is 8.34. The zero-order valence-electron chi connectivity index (χ0n) is 11.4. The fraction of sp³-hybridized carbons (Fsp3) is 0.533. The summed E-state index contributed by atoms with van der Waals surface area (Å²) in [7, 11) is 1.62. The molecule has 4 heteroatoms. The van der Waals surface area contributed by atoms with Crippen molar-refractivity contribution in [2.75, 3.05) is 33.5 Å². The van der Waals surface area contributed by atoms with E-state index in [-0.39, 0.29) is 12.5 Å². The molecule has 0 spiro atoms. The van der Waals surface area contributed by atoms with E-state index in [1.807, 2.05) is 11.0 Å². The molecule has 0 saturated heterocycles. The van der Waals surface area contributed by atoms with Crippen molar-refractivity contribution in [3.05, 3.63) is 35.4 Å². The molecule has 104 valence electrons. The third-order valence-electron chi connectivity index (χ3n) is 3.36. The van der Waals surface area contributed by atoms with Gasteiger partial charge in [0, 0.05) is 20.2 Å². The maximum absolute atomic E-state index is 12.1. The lowest BCUT2D eigenvalue weighted by molar-refractivity contribution is -0.137. The molecule has 1 aliphatic rings. The summed E-state index contributed by atoms with van der Waals surface area (Å²) in [5.74, 6) is 0.0628. The van der Waals surface area contributed by atoms with Crippen LogP contribution in [0.25, 0.3) is 0 Å².